The number of fused-ring (bicyclic) bond motifs is 6. The molecule has 0 saturated carbocycles. The number of carbonyl (C=O) groups is 3. The molecule has 0 radical (unpaired) electrons. The zero-order valence-electron chi connectivity index (χ0n) is 38.7. The Morgan fingerprint density at radius 3 is 1.57 bits per heavy atom. The van der Waals surface area contributed by atoms with E-state index in [1.165, 1.54) is 11.8 Å². The summed E-state index contributed by atoms with van der Waals surface area (Å²) in [7, 11) is 3.25. The molecule has 3 amide bonds. The van der Waals surface area contributed by atoms with E-state index in [-0.39, 0.29) is 36.3 Å². The van der Waals surface area contributed by atoms with E-state index in [0.29, 0.717) is 70.9 Å². The third kappa shape index (κ3) is 10.8. The van der Waals surface area contributed by atoms with Gasteiger partial charge in [0.15, 0.2) is 11.6 Å². The molecule has 8 rings (SSSR count). The highest BCUT2D eigenvalue weighted by atomic mass is 35.5. The molecule has 352 valence electrons. The summed E-state index contributed by atoms with van der Waals surface area (Å²) in [6, 6.07) is 25.9. The van der Waals surface area contributed by atoms with E-state index in [1.807, 2.05) is 115 Å². The quantitative estimate of drug-likeness (QED) is 0.0544. The minimum atomic E-state index is -0.582. The number of aliphatic imine (C=N–C) groups is 2. The number of hydrogen-bond donors (Lipinski definition) is 3. The van der Waals surface area contributed by atoms with Crippen LogP contribution in [0.15, 0.2) is 99.8 Å². The standard InChI is InChI=1S/C50H54ClN11O5S/c1-6-52-44(63)27-40-49-59-57-30(2)61(49)43-22-18-36(67-5)26-39(43)48(55-40)33-13-19-37(20-14-33)68-29-46(65)54-24-10-8-7-9-23-53-45(64)28-41-50-60-58-31(3)62(50)42-21-17-35(66-4)25-38(42)47(56-41)32-11-15-34(51)16-12-32/h11-22,25-26,40-41H,6-10,23-24,27-29H2,1-5H3,(H,52,63)(H,53,64)(H,54,65). The van der Waals surface area contributed by atoms with E-state index in [4.69, 9.17) is 31.1 Å². The van der Waals surface area contributed by atoms with Crippen LogP contribution in [0.5, 0.6) is 11.5 Å². The number of ether oxygens (including phenoxy) is 2. The number of nitrogens with one attached hydrogen (secondary N) is 3. The molecule has 0 spiro atoms. The minimum absolute atomic E-state index is 0.0410. The minimum Gasteiger partial charge on any atom is -0.497 e. The van der Waals surface area contributed by atoms with Gasteiger partial charge in [0.2, 0.25) is 17.7 Å². The molecule has 0 aliphatic carbocycles. The van der Waals surface area contributed by atoms with E-state index < -0.39 is 12.1 Å². The molecule has 2 unspecified atom stereocenters. The van der Waals surface area contributed by atoms with Crippen molar-refractivity contribution in [2.45, 2.75) is 76.3 Å². The van der Waals surface area contributed by atoms with E-state index in [0.717, 1.165) is 64.2 Å². The SMILES string of the molecule is CCNC(=O)CC1N=C(c2ccc(SCC(=O)NCCCCCCNC(=O)CC3N=C(c4ccc(Cl)cc4)c4cc(OC)ccc4-n4c(C)nnc43)cc2)c2cc(OC)ccc2-n2c(C)nnc21. The zero-order valence-corrected chi connectivity index (χ0v) is 40.3. The Bertz CT molecular complexity index is 2860. The van der Waals surface area contributed by atoms with Gasteiger partial charge in [-0.2, -0.15) is 0 Å². The Labute approximate surface area is 404 Å². The van der Waals surface area contributed by atoms with E-state index in [9.17, 15) is 14.4 Å². The fourth-order valence-corrected chi connectivity index (χ4v) is 9.26. The molecule has 0 bridgehead atoms. The Kier molecular flexibility index (Phi) is 15.3. The van der Waals surface area contributed by atoms with Crippen molar-refractivity contribution in [2.24, 2.45) is 9.98 Å². The summed E-state index contributed by atoms with van der Waals surface area (Å²) in [6.07, 6.45) is 3.66. The molecule has 68 heavy (non-hydrogen) atoms. The highest BCUT2D eigenvalue weighted by Crippen LogP contribution is 2.36. The van der Waals surface area contributed by atoms with E-state index >= 15 is 0 Å². The second-order valence-electron chi connectivity index (χ2n) is 16.4. The Balaban J connectivity index is 0.803. The van der Waals surface area contributed by atoms with Crippen LogP contribution in [0.3, 0.4) is 0 Å². The maximum Gasteiger partial charge on any atom is 0.230 e. The topological polar surface area (TPSA) is 192 Å². The van der Waals surface area contributed by atoms with Crippen LogP contribution in [-0.4, -0.2) is 98.3 Å². The van der Waals surface area contributed by atoms with Crippen LogP contribution in [0.4, 0.5) is 0 Å². The van der Waals surface area contributed by atoms with Gasteiger partial charge in [-0.1, -0.05) is 48.7 Å². The summed E-state index contributed by atoms with van der Waals surface area (Å²) in [5, 5.41) is 27.2. The average Bonchev–Trinajstić information content (AvgIpc) is 3.85. The predicted molar refractivity (Wildman–Crippen MR) is 263 cm³/mol. The van der Waals surface area contributed by atoms with Crippen LogP contribution in [0.1, 0.15) is 103 Å². The van der Waals surface area contributed by atoms with Crippen molar-refractivity contribution in [1.82, 2.24) is 45.5 Å². The molecule has 4 aromatic carbocycles. The van der Waals surface area contributed by atoms with Gasteiger partial charge in [-0.3, -0.25) is 33.5 Å². The first kappa shape index (κ1) is 47.6. The number of halogens is 1. The summed E-state index contributed by atoms with van der Waals surface area (Å²) < 4.78 is 15.1. The predicted octanol–water partition coefficient (Wildman–Crippen LogP) is 7.42. The van der Waals surface area contributed by atoms with E-state index in [2.05, 4.69) is 36.3 Å². The van der Waals surface area contributed by atoms with Crippen LogP contribution >= 0.6 is 23.4 Å². The molecule has 2 aliphatic rings. The number of unbranched alkanes of at least 4 members (excludes halogenated alkanes) is 3. The number of amides is 3. The van der Waals surface area contributed by atoms with Crippen LogP contribution in [-0.2, 0) is 14.4 Å². The lowest BCUT2D eigenvalue weighted by Gasteiger charge is -2.14. The number of benzene rings is 4. The number of methoxy groups -OCH3 is 2. The zero-order chi connectivity index (χ0) is 47.7. The van der Waals surface area contributed by atoms with Gasteiger partial charge in [0.25, 0.3) is 0 Å². The monoisotopic (exact) mass is 955 g/mol. The number of aryl methyl sites for hydroxylation is 2. The van der Waals surface area contributed by atoms with Gasteiger partial charge in [0.1, 0.15) is 35.2 Å². The van der Waals surface area contributed by atoms with Crippen molar-refractivity contribution < 1.29 is 23.9 Å². The van der Waals surface area contributed by atoms with Gasteiger partial charge < -0.3 is 25.4 Å². The molecule has 6 aromatic rings. The van der Waals surface area contributed by atoms with Crippen LogP contribution in [0, 0.1) is 13.8 Å². The number of nitrogens with zero attached hydrogens (tertiary/aromatic N) is 8. The maximum absolute atomic E-state index is 13.4. The lowest BCUT2D eigenvalue weighted by atomic mass is 10.00. The Morgan fingerprint density at radius 1 is 0.618 bits per heavy atom. The normalized spacial score (nSPS) is 14.7. The second kappa shape index (κ2) is 21.8. The third-order valence-corrected chi connectivity index (χ3v) is 13.0. The smallest absolute Gasteiger partial charge is 0.230 e. The second-order valence-corrected chi connectivity index (χ2v) is 17.9. The average molecular weight is 957 g/mol. The van der Waals surface area contributed by atoms with Gasteiger partial charge >= 0.3 is 0 Å². The number of rotatable bonds is 19. The molecule has 3 N–H and O–H groups in total. The molecule has 2 aromatic heterocycles. The first-order valence-electron chi connectivity index (χ1n) is 22.7. The van der Waals surface area contributed by atoms with Gasteiger partial charge in [-0.05, 0) is 94.3 Å². The number of thioether (sulfide) groups is 1. The van der Waals surface area contributed by atoms with Gasteiger partial charge in [-0.25, -0.2) is 0 Å². The number of carbonyl (C=O) groups excluding carboxylic acids is 3. The maximum atomic E-state index is 13.4. The van der Waals surface area contributed by atoms with Crippen molar-refractivity contribution in [3.63, 3.8) is 0 Å². The molecule has 0 fully saturated rings. The molecule has 0 saturated heterocycles. The lowest BCUT2D eigenvalue weighted by Crippen LogP contribution is -2.27. The molecule has 18 heteroatoms. The van der Waals surface area contributed by atoms with Crippen molar-refractivity contribution in [2.75, 3.05) is 39.6 Å². The number of aromatic nitrogens is 6. The first-order chi connectivity index (χ1) is 33.0. The van der Waals surface area contributed by atoms with Gasteiger partial charge in [-0.15, -0.1) is 32.2 Å². The van der Waals surface area contributed by atoms with Crippen molar-refractivity contribution in [3.05, 3.63) is 136 Å². The largest absolute Gasteiger partial charge is 0.497 e. The Hall–Kier alpha value is -6.85. The van der Waals surface area contributed by atoms with Crippen molar-refractivity contribution >= 4 is 52.5 Å². The molecular formula is C50H54ClN11O5S. The van der Waals surface area contributed by atoms with Crippen molar-refractivity contribution in [3.8, 4) is 22.9 Å². The Morgan fingerprint density at radius 2 is 1.09 bits per heavy atom. The van der Waals surface area contributed by atoms with Crippen LogP contribution in [0.25, 0.3) is 11.4 Å². The third-order valence-electron chi connectivity index (χ3n) is 11.8. The van der Waals surface area contributed by atoms with Crippen molar-refractivity contribution in [1.29, 1.82) is 0 Å². The summed E-state index contributed by atoms with van der Waals surface area (Å²) >= 11 is 7.70. The van der Waals surface area contributed by atoms with Crippen LogP contribution < -0.4 is 25.4 Å². The molecular weight excluding hydrogens is 902 g/mol. The molecule has 2 aliphatic heterocycles. The van der Waals surface area contributed by atoms with Gasteiger partial charge in [0.05, 0.1) is 55.6 Å². The summed E-state index contributed by atoms with van der Waals surface area (Å²) in [5.74, 6) is 3.90. The fourth-order valence-electron chi connectivity index (χ4n) is 8.41. The van der Waals surface area contributed by atoms with Crippen LogP contribution in [0.2, 0.25) is 5.02 Å². The number of hydrogen-bond acceptors (Lipinski definition) is 12. The fraction of sp³-hybridized carbons (Fsp3) is 0.340. The van der Waals surface area contributed by atoms with E-state index in [1.54, 1.807) is 14.2 Å². The molecule has 2 atom stereocenters. The highest BCUT2D eigenvalue weighted by molar-refractivity contribution is 8.00. The summed E-state index contributed by atoms with van der Waals surface area (Å²) in [5.41, 5.74) is 6.50. The highest BCUT2D eigenvalue weighted by Gasteiger charge is 2.32. The summed E-state index contributed by atoms with van der Waals surface area (Å²) in [4.78, 5) is 50.3. The van der Waals surface area contributed by atoms with Gasteiger partial charge in [0, 0.05) is 51.8 Å². The molecule has 16 nitrogen and oxygen atoms in total. The first-order valence-corrected chi connectivity index (χ1v) is 24.1. The lowest BCUT2D eigenvalue weighted by molar-refractivity contribution is -0.122. The summed E-state index contributed by atoms with van der Waals surface area (Å²) in [6.45, 7) is 7.26. The molecule has 4 heterocycles.